The fourth-order valence-corrected chi connectivity index (χ4v) is 1.68. The molecule has 8 heteroatoms. The van der Waals surface area contributed by atoms with Crippen LogP contribution >= 0.6 is 0 Å². The van der Waals surface area contributed by atoms with Gasteiger partial charge in [-0.25, -0.2) is 0 Å². The predicted octanol–water partition coefficient (Wildman–Crippen LogP) is -2.46. The number of carbonyl (C=O) groups is 1. The highest BCUT2D eigenvalue weighted by molar-refractivity contribution is 6.20. The van der Waals surface area contributed by atoms with Gasteiger partial charge < -0.3 is 31.7 Å². The van der Waals surface area contributed by atoms with Gasteiger partial charge in [-0.3, -0.25) is 9.79 Å². The Kier molecular flexibility index (Phi) is 4.03. The van der Waals surface area contributed by atoms with Crippen molar-refractivity contribution in [2.75, 3.05) is 6.61 Å². The van der Waals surface area contributed by atoms with Crippen molar-refractivity contribution in [1.29, 1.82) is 0 Å². The van der Waals surface area contributed by atoms with E-state index in [4.69, 9.17) is 21.3 Å². The summed E-state index contributed by atoms with van der Waals surface area (Å²) in [7, 11) is 0. The van der Waals surface area contributed by atoms with Gasteiger partial charge in [0, 0.05) is 6.20 Å². The fraction of sp³-hybridized carbons (Fsp3) is 0.636. The van der Waals surface area contributed by atoms with Crippen LogP contribution in [0.3, 0.4) is 0 Å². The Labute approximate surface area is 110 Å². The number of rotatable bonds is 5. The van der Waals surface area contributed by atoms with Crippen molar-refractivity contribution < 1.29 is 19.7 Å². The van der Waals surface area contributed by atoms with Gasteiger partial charge in [-0.15, -0.1) is 0 Å². The van der Waals surface area contributed by atoms with E-state index >= 15 is 0 Å². The second-order valence-corrected chi connectivity index (χ2v) is 4.57. The van der Waals surface area contributed by atoms with Crippen molar-refractivity contribution in [1.82, 2.24) is 5.32 Å². The van der Waals surface area contributed by atoms with Crippen LogP contribution in [0.2, 0.25) is 0 Å². The van der Waals surface area contributed by atoms with Crippen molar-refractivity contribution in [2.24, 2.45) is 16.5 Å². The third kappa shape index (κ3) is 3.03. The van der Waals surface area contributed by atoms with Gasteiger partial charge in [0.25, 0.3) is 5.91 Å². The molecule has 0 aromatic carbocycles. The number of aliphatic hydroxyl groups is 2. The van der Waals surface area contributed by atoms with E-state index in [1.54, 1.807) is 0 Å². The van der Waals surface area contributed by atoms with Crippen LogP contribution in [0.15, 0.2) is 16.8 Å². The van der Waals surface area contributed by atoms with E-state index in [0.717, 1.165) is 19.0 Å². The molecule has 2 rings (SSSR count). The molecule has 1 aliphatic heterocycles. The number of nitrogens with zero attached hydrogens (tertiary/aromatic N) is 1. The quantitative estimate of drug-likeness (QED) is 0.213. The van der Waals surface area contributed by atoms with Crippen LogP contribution in [0, 0.1) is 0 Å². The molecule has 0 bridgehead atoms. The Hall–Kier alpha value is -1.64. The zero-order valence-corrected chi connectivity index (χ0v) is 10.3. The maximum absolute atomic E-state index is 11.9. The SMILES string of the molecule is NC=C(C(=O)NC1OC(CO)C1O)C(N)=NC1CC1. The number of nitrogens with two attached hydrogens (primary N) is 2. The molecular formula is C11H18N4O4. The maximum Gasteiger partial charge on any atom is 0.258 e. The Morgan fingerprint density at radius 1 is 1.53 bits per heavy atom. The minimum Gasteiger partial charge on any atom is -0.404 e. The van der Waals surface area contributed by atoms with E-state index in [2.05, 4.69) is 10.3 Å². The standard InChI is InChI=1S/C11H18N4O4/c12-3-6(9(13)14-5-1-2-5)10(18)15-11-8(17)7(4-16)19-11/h3,5,7-8,11,16-17H,1-2,4,12H2,(H2,13,14)(H,15,18). The molecule has 0 aromatic rings. The Balaban J connectivity index is 1.91. The number of nitrogens with one attached hydrogen (secondary N) is 1. The topological polar surface area (TPSA) is 143 Å². The number of amides is 1. The minimum atomic E-state index is -0.949. The monoisotopic (exact) mass is 270 g/mol. The number of aliphatic hydroxyl groups excluding tert-OH is 2. The summed E-state index contributed by atoms with van der Waals surface area (Å²) in [6.45, 7) is -0.307. The van der Waals surface area contributed by atoms with E-state index in [1.807, 2.05) is 0 Å². The van der Waals surface area contributed by atoms with Gasteiger partial charge in [-0.1, -0.05) is 0 Å². The average molecular weight is 270 g/mol. The van der Waals surface area contributed by atoms with Crippen molar-refractivity contribution in [3.05, 3.63) is 11.8 Å². The lowest BCUT2D eigenvalue weighted by atomic mass is 10.1. The summed E-state index contributed by atoms with van der Waals surface area (Å²) in [5.74, 6) is -0.486. The Bertz CT molecular complexity index is 419. The van der Waals surface area contributed by atoms with Gasteiger partial charge in [0.05, 0.1) is 18.2 Å². The van der Waals surface area contributed by atoms with Crippen LogP contribution in [0.1, 0.15) is 12.8 Å². The molecule has 1 heterocycles. The zero-order chi connectivity index (χ0) is 14.0. The van der Waals surface area contributed by atoms with E-state index < -0.39 is 24.3 Å². The largest absolute Gasteiger partial charge is 0.404 e. The molecule has 3 unspecified atom stereocenters. The number of aliphatic imine (C=N–C) groups is 1. The van der Waals surface area contributed by atoms with E-state index in [1.165, 1.54) is 0 Å². The maximum atomic E-state index is 11.9. The number of ether oxygens (including phenoxy) is 1. The molecule has 2 aliphatic rings. The van der Waals surface area contributed by atoms with Gasteiger partial charge in [0.15, 0.2) is 6.23 Å². The molecule has 1 amide bonds. The van der Waals surface area contributed by atoms with Crippen LogP contribution in [-0.4, -0.2) is 53.0 Å². The van der Waals surface area contributed by atoms with Crippen LogP contribution in [-0.2, 0) is 9.53 Å². The second kappa shape index (κ2) is 5.55. The molecule has 0 aromatic heterocycles. The summed E-state index contributed by atoms with van der Waals surface area (Å²) in [4.78, 5) is 16.0. The van der Waals surface area contributed by atoms with Gasteiger partial charge in [0.2, 0.25) is 0 Å². The van der Waals surface area contributed by atoms with Gasteiger partial charge >= 0.3 is 0 Å². The number of amidine groups is 1. The van der Waals surface area contributed by atoms with E-state index in [-0.39, 0.29) is 24.1 Å². The molecular weight excluding hydrogens is 252 g/mol. The molecule has 1 aliphatic carbocycles. The molecule has 0 radical (unpaired) electrons. The van der Waals surface area contributed by atoms with Gasteiger partial charge in [-0.05, 0) is 12.8 Å². The van der Waals surface area contributed by atoms with Crippen molar-refractivity contribution >= 4 is 11.7 Å². The average Bonchev–Trinajstić information content (AvgIpc) is 3.18. The molecule has 7 N–H and O–H groups in total. The summed E-state index contributed by atoms with van der Waals surface area (Å²) in [6.07, 6.45) is 0.507. The summed E-state index contributed by atoms with van der Waals surface area (Å²) < 4.78 is 5.06. The molecule has 1 saturated heterocycles. The molecule has 3 atom stereocenters. The van der Waals surface area contributed by atoms with Crippen molar-refractivity contribution in [2.45, 2.75) is 37.3 Å². The Morgan fingerprint density at radius 2 is 2.21 bits per heavy atom. The summed E-state index contributed by atoms with van der Waals surface area (Å²) in [6, 6.07) is 0.173. The lowest BCUT2D eigenvalue weighted by Gasteiger charge is -2.40. The first-order valence-electron chi connectivity index (χ1n) is 6.07. The van der Waals surface area contributed by atoms with Gasteiger partial charge in [0.1, 0.15) is 18.0 Å². The summed E-state index contributed by atoms with van der Waals surface area (Å²) >= 11 is 0. The molecule has 2 fully saturated rings. The lowest BCUT2D eigenvalue weighted by molar-refractivity contribution is -0.241. The smallest absolute Gasteiger partial charge is 0.258 e. The highest BCUT2D eigenvalue weighted by atomic mass is 16.6. The normalized spacial score (nSPS) is 31.8. The third-order valence-electron chi connectivity index (χ3n) is 3.02. The van der Waals surface area contributed by atoms with Gasteiger partial charge in [-0.2, -0.15) is 0 Å². The highest BCUT2D eigenvalue weighted by Crippen LogP contribution is 2.24. The Morgan fingerprint density at radius 3 is 2.68 bits per heavy atom. The summed E-state index contributed by atoms with van der Waals surface area (Å²) in [5.41, 5.74) is 11.1. The first kappa shape index (κ1) is 13.8. The van der Waals surface area contributed by atoms with E-state index in [9.17, 15) is 9.90 Å². The highest BCUT2D eigenvalue weighted by Gasteiger charge is 2.42. The first-order valence-corrected chi connectivity index (χ1v) is 6.07. The van der Waals surface area contributed by atoms with Crippen molar-refractivity contribution in [3.63, 3.8) is 0 Å². The van der Waals surface area contributed by atoms with Crippen LogP contribution in [0.4, 0.5) is 0 Å². The van der Waals surface area contributed by atoms with Crippen LogP contribution < -0.4 is 16.8 Å². The molecule has 1 saturated carbocycles. The molecule has 19 heavy (non-hydrogen) atoms. The molecule has 0 spiro atoms. The first-order chi connectivity index (χ1) is 9.06. The number of hydrogen-bond acceptors (Lipinski definition) is 6. The lowest BCUT2D eigenvalue weighted by Crippen LogP contribution is -2.63. The van der Waals surface area contributed by atoms with Crippen molar-refractivity contribution in [3.8, 4) is 0 Å². The van der Waals surface area contributed by atoms with Crippen LogP contribution in [0.25, 0.3) is 0 Å². The summed E-state index contributed by atoms with van der Waals surface area (Å²) in [5, 5.41) is 20.8. The van der Waals surface area contributed by atoms with Crippen LogP contribution in [0.5, 0.6) is 0 Å². The molecule has 106 valence electrons. The fourth-order valence-electron chi connectivity index (χ4n) is 1.68. The predicted molar refractivity (Wildman–Crippen MR) is 66.8 cm³/mol. The second-order valence-electron chi connectivity index (χ2n) is 4.57. The zero-order valence-electron chi connectivity index (χ0n) is 10.3. The minimum absolute atomic E-state index is 0.0511. The van der Waals surface area contributed by atoms with E-state index in [0.29, 0.717) is 0 Å². The third-order valence-corrected chi connectivity index (χ3v) is 3.02. The molecule has 8 nitrogen and oxygen atoms in total. The number of hydrogen-bond donors (Lipinski definition) is 5. The number of carbonyl (C=O) groups excluding carboxylic acids is 1.